The van der Waals surface area contributed by atoms with Gasteiger partial charge >= 0.3 is 0 Å². The van der Waals surface area contributed by atoms with E-state index in [1.807, 2.05) is 24.3 Å². The average Bonchev–Trinajstić information content (AvgIpc) is 3.24. The molecule has 0 radical (unpaired) electrons. The van der Waals surface area contributed by atoms with Crippen LogP contribution in [0.3, 0.4) is 0 Å². The largest absolute Gasteiger partial charge is 0.484 e. The molecular formula is C23H26BrClN2O3. The molecule has 1 N–H and O–H groups in total. The number of amides is 2. The third-order valence-corrected chi connectivity index (χ3v) is 6.05. The van der Waals surface area contributed by atoms with Crippen molar-refractivity contribution in [2.75, 3.05) is 6.61 Å². The molecule has 7 heteroatoms. The first-order chi connectivity index (χ1) is 14.4. The van der Waals surface area contributed by atoms with Gasteiger partial charge in [0, 0.05) is 22.1 Å². The van der Waals surface area contributed by atoms with Gasteiger partial charge in [-0.2, -0.15) is 0 Å². The van der Waals surface area contributed by atoms with Crippen molar-refractivity contribution in [1.29, 1.82) is 0 Å². The molecule has 2 aromatic rings. The molecule has 1 atom stereocenters. The van der Waals surface area contributed by atoms with Gasteiger partial charge in [-0.3, -0.25) is 9.59 Å². The van der Waals surface area contributed by atoms with E-state index in [0.29, 0.717) is 10.8 Å². The molecule has 2 amide bonds. The van der Waals surface area contributed by atoms with Crippen LogP contribution in [-0.2, 0) is 16.1 Å². The predicted molar refractivity (Wildman–Crippen MR) is 121 cm³/mol. The SMILES string of the molecule is C[C@@H](C(=O)NC1CCCC1)N(Cc1cccc(Cl)c1)C(=O)COc1ccc(Br)cc1. The van der Waals surface area contributed by atoms with Crippen LogP contribution in [0.1, 0.15) is 38.2 Å². The van der Waals surface area contributed by atoms with Crippen molar-refractivity contribution >= 4 is 39.3 Å². The van der Waals surface area contributed by atoms with E-state index in [1.54, 1.807) is 36.1 Å². The summed E-state index contributed by atoms with van der Waals surface area (Å²) >= 11 is 9.48. The summed E-state index contributed by atoms with van der Waals surface area (Å²) in [5, 5.41) is 3.68. The van der Waals surface area contributed by atoms with Gasteiger partial charge in [-0.15, -0.1) is 0 Å². The number of ether oxygens (including phenoxy) is 1. The Morgan fingerprint density at radius 3 is 2.57 bits per heavy atom. The number of rotatable bonds is 8. The smallest absolute Gasteiger partial charge is 0.261 e. The van der Waals surface area contributed by atoms with E-state index in [1.165, 1.54) is 0 Å². The molecule has 5 nitrogen and oxygen atoms in total. The second-order valence-electron chi connectivity index (χ2n) is 7.56. The number of carbonyl (C=O) groups excluding carboxylic acids is 2. The van der Waals surface area contributed by atoms with Gasteiger partial charge in [0.05, 0.1) is 0 Å². The summed E-state index contributed by atoms with van der Waals surface area (Å²) in [5.74, 6) is 0.199. The highest BCUT2D eigenvalue weighted by Gasteiger charge is 2.28. The standard InChI is InChI=1S/C23H26BrClN2O3/c1-16(23(29)26-20-7-2-3-8-20)27(14-17-5-4-6-19(25)13-17)22(28)15-30-21-11-9-18(24)10-12-21/h4-6,9-13,16,20H,2-3,7-8,14-15H2,1H3,(H,26,29)/t16-/m0/s1. The van der Waals surface area contributed by atoms with Crippen LogP contribution < -0.4 is 10.1 Å². The monoisotopic (exact) mass is 492 g/mol. The van der Waals surface area contributed by atoms with Crippen molar-refractivity contribution in [3.8, 4) is 5.75 Å². The fourth-order valence-corrected chi connectivity index (χ4v) is 4.04. The van der Waals surface area contributed by atoms with Crippen LogP contribution in [-0.4, -0.2) is 35.4 Å². The zero-order chi connectivity index (χ0) is 21.5. The molecule has 0 aromatic heterocycles. The molecule has 3 rings (SSSR count). The molecule has 0 aliphatic heterocycles. The Hall–Kier alpha value is -2.05. The molecule has 0 heterocycles. The minimum atomic E-state index is -0.620. The first kappa shape index (κ1) is 22.6. The number of nitrogens with zero attached hydrogens (tertiary/aromatic N) is 1. The van der Waals surface area contributed by atoms with E-state index in [2.05, 4.69) is 21.2 Å². The molecule has 0 unspecified atom stereocenters. The molecular weight excluding hydrogens is 468 g/mol. The third-order valence-electron chi connectivity index (χ3n) is 5.29. The van der Waals surface area contributed by atoms with Crippen molar-refractivity contribution in [2.24, 2.45) is 0 Å². The fourth-order valence-electron chi connectivity index (χ4n) is 3.57. The Morgan fingerprint density at radius 1 is 1.20 bits per heavy atom. The molecule has 1 fully saturated rings. The summed E-state index contributed by atoms with van der Waals surface area (Å²) in [5.41, 5.74) is 0.861. The van der Waals surface area contributed by atoms with Crippen LogP contribution in [0.2, 0.25) is 5.02 Å². The number of hydrogen-bond donors (Lipinski definition) is 1. The highest BCUT2D eigenvalue weighted by molar-refractivity contribution is 9.10. The highest BCUT2D eigenvalue weighted by Crippen LogP contribution is 2.20. The Labute approximate surface area is 190 Å². The normalized spacial score (nSPS) is 14.9. The summed E-state index contributed by atoms with van der Waals surface area (Å²) < 4.78 is 6.59. The number of halogens is 2. The Bertz CT molecular complexity index is 869. The van der Waals surface area contributed by atoms with Gasteiger partial charge in [-0.05, 0) is 61.7 Å². The quantitative estimate of drug-likeness (QED) is 0.566. The maximum absolute atomic E-state index is 13.0. The number of nitrogens with one attached hydrogen (secondary N) is 1. The Morgan fingerprint density at radius 2 is 1.90 bits per heavy atom. The van der Waals surface area contributed by atoms with Gasteiger partial charge in [0.15, 0.2) is 6.61 Å². The zero-order valence-corrected chi connectivity index (χ0v) is 19.3. The van der Waals surface area contributed by atoms with Crippen molar-refractivity contribution in [1.82, 2.24) is 10.2 Å². The molecule has 0 bridgehead atoms. The summed E-state index contributed by atoms with van der Waals surface area (Å²) in [6, 6.07) is 14.2. The second-order valence-corrected chi connectivity index (χ2v) is 8.91. The molecule has 160 valence electrons. The first-order valence-corrected chi connectivity index (χ1v) is 11.3. The summed E-state index contributed by atoms with van der Waals surface area (Å²) in [4.78, 5) is 27.4. The van der Waals surface area contributed by atoms with Crippen molar-refractivity contribution < 1.29 is 14.3 Å². The van der Waals surface area contributed by atoms with E-state index < -0.39 is 6.04 Å². The second kappa shape index (κ2) is 10.8. The van der Waals surface area contributed by atoms with E-state index in [9.17, 15) is 9.59 Å². The van der Waals surface area contributed by atoms with Gasteiger partial charge in [-0.1, -0.05) is 52.5 Å². The van der Waals surface area contributed by atoms with Crippen LogP contribution in [0.5, 0.6) is 5.75 Å². The summed E-state index contributed by atoms with van der Waals surface area (Å²) in [6.07, 6.45) is 4.25. The summed E-state index contributed by atoms with van der Waals surface area (Å²) in [6.45, 7) is 1.89. The molecule has 30 heavy (non-hydrogen) atoms. The number of carbonyl (C=O) groups is 2. The number of benzene rings is 2. The minimum absolute atomic E-state index is 0.138. The van der Waals surface area contributed by atoms with Gasteiger partial charge in [0.2, 0.25) is 5.91 Å². The third kappa shape index (κ3) is 6.47. The van der Waals surface area contributed by atoms with Gasteiger partial charge in [0.25, 0.3) is 5.91 Å². The van der Waals surface area contributed by atoms with E-state index >= 15 is 0 Å². The van der Waals surface area contributed by atoms with Gasteiger partial charge < -0.3 is 15.0 Å². The van der Waals surface area contributed by atoms with Gasteiger partial charge in [0.1, 0.15) is 11.8 Å². The van der Waals surface area contributed by atoms with E-state index in [0.717, 1.165) is 35.7 Å². The Balaban J connectivity index is 1.70. The van der Waals surface area contributed by atoms with E-state index in [4.69, 9.17) is 16.3 Å². The maximum atomic E-state index is 13.0. The predicted octanol–water partition coefficient (Wildman–Crippen LogP) is 4.96. The van der Waals surface area contributed by atoms with Crippen LogP contribution in [0.25, 0.3) is 0 Å². The van der Waals surface area contributed by atoms with Crippen molar-refractivity contribution in [3.63, 3.8) is 0 Å². The van der Waals surface area contributed by atoms with Crippen LogP contribution in [0.15, 0.2) is 53.0 Å². The Kier molecular flexibility index (Phi) is 8.16. The highest BCUT2D eigenvalue weighted by atomic mass is 79.9. The molecule has 0 saturated heterocycles. The van der Waals surface area contributed by atoms with Crippen LogP contribution >= 0.6 is 27.5 Å². The zero-order valence-electron chi connectivity index (χ0n) is 16.9. The van der Waals surface area contributed by atoms with E-state index in [-0.39, 0.29) is 31.0 Å². The maximum Gasteiger partial charge on any atom is 0.261 e. The van der Waals surface area contributed by atoms with Crippen LogP contribution in [0, 0.1) is 0 Å². The van der Waals surface area contributed by atoms with Crippen molar-refractivity contribution in [2.45, 2.75) is 51.2 Å². The first-order valence-electron chi connectivity index (χ1n) is 10.1. The lowest BCUT2D eigenvalue weighted by Crippen LogP contribution is -2.50. The average molecular weight is 494 g/mol. The minimum Gasteiger partial charge on any atom is -0.484 e. The van der Waals surface area contributed by atoms with Crippen molar-refractivity contribution in [3.05, 3.63) is 63.6 Å². The lowest BCUT2D eigenvalue weighted by molar-refractivity contribution is -0.142. The molecule has 1 aliphatic rings. The fraction of sp³-hybridized carbons (Fsp3) is 0.391. The molecule has 1 saturated carbocycles. The number of hydrogen-bond acceptors (Lipinski definition) is 3. The topological polar surface area (TPSA) is 58.6 Å². The lowest BCUT2D eigenvalue weighted by Gasteiger charge is -2.29. The van der Waals surface area contributed by atoms with Crippen LogP contribution in [0.4, 0.5) is 0 Å². The summed E-state index contributed by atoms with van der Waals surface area (Å²) in [7, 11) is 0. The lowest BCUT2D eigenvalue weighted by atomic mass is 10.1. The molecule has 0 spiro atoms. The molecule has 2 aromatic carbocycles. The van der Waals surface area contributed by atoms with Gasteiger partial charge in [-0.25, -0.2) is 0 Å². The molecule has 1 aliphatic carbocycles.